The molecule has 0 saturated carbocycles. The number of ether oxygens (including phenoxy) is 1. The maximum Gasteiger partial charge on any atom is 0.260 e. The SMILES string of the molecule is CC1(O)CCCN(C(=O)COc2ccccc2F)C1. The average molecular weight is 267 g/mol. The smallest absolute Gasteiger partial charge is 0.260 e. The molecule has 1 aliphatic heterocycles. The molecule has 4 nitrogen and oxygen atoms in total. The van der Waals surface area contributed by atoms with E-state index >= 15 is 0 Å². The van der Waals surface area contributed by atoms with Crippen molar-refractivity contribution in [3.63, 3.8) is 0 Å². The van der Waals surface area contributed by atoms with Crippen LogP contribution in [0.15, 0.2) is 24.3 Å². The molecule has 1 aliphatic rings. The van der Waals surface area contributed by atoms with Gasteiger partial charge in [0.25, 0.3) is 5.91 Å². The quantitative estimate of drug-likeness (QED) is 0.904. The van der Waals surface area contributed by atoms with E-state index in [1.807, 2.05) is 0 Å². The maximum atomic E-state index is 13.3. The maximum absolute atomic E-state index is 13.3. The standard InChI is InChI=1S/C14H18FNO3/c1-14(18)7-4-8-16(10-14)13(17)9-19-12-6-3-2-5-11(12)15/h2-3,5-6,18H,4,7-10H2,1H3. The van der Waals surface area contributed by atoms with Gasteiger partial charge in [-0.2, -0.15) is 0 Å². The highest BCUT2D eigenvalue weighted by Gasteiger charge is 2.30. The number of amides is 1. The first-order valence-corrected chi connectivity index (χ1v) is 6.35. The lowest BCUT2D eigenvalue weighted by molar-refractivity contribution is -0.139. The third-order valence-corrected chi connectivity index (χ3v) is 3.22. The zero-order chi connectivity index (χ0) is 13.9. The third kappa shape index (κ3) is 3.67. The number of β-amino-alcohol motifs (C(OH)–C–C–N with tert-alkyl or cyclic N) is 1. The molecule has 19 heavy (non-hydrogen) atoms. The molecule has 1 aromatic rings. The molecule has 1 heterocycles. The summed E-state index contributed by atoms with van der Waals surface area (Å²) in [4.78, 5) is 13.5. The molecule has 1 amide bonds. The monoisotopic (exact) mass is 267 g/mol. The minimum Gasteiger partial charge on any atom is -0.481 e. The second kappa shape index (κ2) is 5.57. The fourth-order valence-electron chi connectivity index (χ4n) is 2.23. The normalized spacial score (nSPS) is 23.2. The van der Waals surface area contributed by atoms with Crippen LogP contribution >= 0.6 is 0 Å². The van der Waals surface area contributed by atoms with Crippen molar-refractivity contribution in [1.82, 2.24) is 4.90 Å². The zero-order valence-corrected chi connectivity index (χ0v) is 10.9. The Balaban J connectivity index is 1.90. The molecule has 0 aliphatic carbocycles. The summed E-state index contributed by atoms with van der Waals surface area (Å²) in [6.07, 6.45) is 1.45. The van der Waals surface area contributed by atoms with Crippen LogP contribution in [-0.2, 0) is 4.79 Å². The summed E-state index contributed by atoms with van der Waals surface area (Å²) in [5, 5.41) is 9.93. The van der Waals surface area contributed by atoms with Gasteiger partial charge in [0.05, 0.1) is 5.60 Å². The number of para-hydroxylation sites is 1. The van der Waals surface area contributed by atoms with Crippen LogP contribution in [0.1, 0.15) is 19.8 Å². The van der Waals surface area contributed by atoms with Gasteiger partial charge >= 0.3 is 0 Å². The van der Waals surface area contributed by atoms with Crippen molar-refractivity contribution in [2.45, 2.75) is 25.4 Å². The van der Waals surface area contributed by atoms with E-state index in [1.165, 1.54) is 12.1 Å². The molecule has 104 valence electrons. The summed E-state index contributed by atoms with van der Waals surface area (Å²) in [6, 6.07) is 5.97. The summed E-state index contributed by atoms with van der Waals surface area (Å²) in [7, 11) is 0. The molecule has 0 radical (unpaired) electrons. The fourth-order valence-corrected chi connectivity index (χ4v) is 2.23. The number of hydrogen-bond donors (Lipinski definition) is 1. The van der Waals surface area contributed by atoms with Gasteiger partial charge in [0.1, 0.15) is 0 Å². The topological polar surface area (TPSA) is 49.8 Å². The summed E-state index contributed by atoms with van der Waals surface area (Å²) >= 11 is 0. The Kier molecular flexibility index (Phi) is 4.04. The number of carbonyl (C=O) groups is 1. The molecule has 1 aromatic carbocycles. The average Bonchev–Trinajstić information content (AvgIpc) is 2.36. The summed E-state index contributed by atoms with van der Waals surface area (Å²) in [5.41, 5.74) is -0.841. The van der Waals surface area contributed by atoms with Gasteiger partial charge in [0.2, 0.25) is 0 Å². The molecule has 2 rings (SSSR count). The van der Waals surface area contributed by atoms with Crippen molar-refractivity contribution in [2.75, 3.05) is 19.7 Å². The molecule has 5 heteroatoms. The van der Waals surface area contributed by atoms with Gasteiger partial charge in [-0.15, -0.1) is 0 Å². The van der Waals surface area contributed by atoms with E-state index in [0.29, 0.717) is 19.5 Å². The molecule has 1 saturated heterocycles. The summed E-state index contributed by atoms with van der Waals surface area (Å²) in [5.74, 6) is -0.649. The van der Waals surface area contributed by atoms with Gasteiger partial charge in [-0.05, 0) is 31.9 Å². The molecule has 0 spiro atoms. The largest absolute Gasteiger partial charge is 0.481 e. The number of aliphatic hydroxyl groups is 1. The number of likely N-dealkylation sites (tertiary alicyclic amines) is 1. The van der Waals surface area contributed by atoms with Crippen LogP contribution in [0.3, 0.4) is 0 Å². The summed E-state index contributed by atoms with van der Waals surface area (Å²) in [6.45, 7) is 2.41. The molecular weight excluding hydrogens is 249 g/mol. The van der Waals surface area contributed by atoms with Crippen LogP contribution in [-0.4, -0.2) is 41.2 Å². The van der Waals surface area contributed by atoms with Gasteiger partial charge in [-0.3, -0.25) is 4.79 Å². The third-order valence-electron chi connectivity index (χ3n) is 3.22. The van der Waals surface area contributed by atoms with Gasteiger partial charge in [0.15, 0.2) is 18.2 Å². The van der Waals surface area contributed by atoms with E-state index in [9.17, 15) is 14.3 Å². The first-order valence-electron chi connectivity index (χ1n) is 6.35. The van der Waals surface area contributed by atoms with E-state index < -0.39 is 11.4 Å². The first kappa shape index (κ1) is 13.8. The van der Waals surface area contributed by atoms with Crippen LogP contribution < -0.4 is 4.74 Å². The second-order valence-electron chi connectivity index (χ2n) is 5.13. The lowest BCUT2D eigenvalue weighted by atomic mass is 9.95. The number of nitrogens with zero attached hydrogens (tertiary/aromatic N) is 1. The van der Waals surface area contributed by atoms with E-state index in [4.69, 9.17) is 4.74 Å². The minimum absolute atomic E-state index is 0.0691. The molecule has 1 unspecified atom stereocenters. The number of piperidine rings is 1. The minimum atomic E-state index is -0.841. The predicted octanol–water partition coefficient (Wildman–Crippen LogP) is 1.58. The fraction of sp³-hybridized carbons (Fsp3) is 0.500. The number of rotatable bonds is 3. The Morgan fingerprint density at radius 2 is 2.26 bits per heavy atom. The van der Waals surface area contributed by atoms with Gasteiger partial charge in [-0.25, -0.2) is 4.39 Å². The molecule has 1 fully saturated rings. The van der Waals surface area contributed by atoms with Crippen molar-refractivity contribution in [1.29, 1.82) is 0 Å². The Labute approximate surface area is 111 Å². The molecular formula is C14H18FNO3. The Bertz CT molecular complexity index is 462. The van der Waals surface area contributed by atoms with Crippen molar-refractivity contribution < 1.29 is 19.0 Å². The van der Waals surface area contributed by atoms with Crippen molar-refractivity contribution in [3.8, 4) is 5.75 Å². The van der Waals surface area contributed by atoms with Gasteiger partial charge in [0, 0.05) is 13.1 Å². The lowest BCUT2D eigenvalue weighted by Crippen LogP contribution is -2.49. The molecule has 0 aromatic heterocycles. The number of halogens is 1. The number of hydrogen-bond acceptors (Lipinski definition) is 3. The predicted molar refractivity (Wildman–Crippen MR) is 68.3 cm³/mol. The first-order chi connectivity index (χ1) is 8.98. The van der Waals surface area contributed by atoms with Crippen LogP contribution in [0, 0.1) is 5.82 Å². The van der Waals surface area contributed by atoms with Crippen LogP contribution in [0.25, 0.3) is 0 Å². The van der Waals surface area contributed by atoms with Crippen LogP contribution in [0.4, 0.5) is 4.39 Å². The Morgan fingerprint density at radius 1 is 1.53 bits per heavy atom. The Hall–Kier alpha value is -1.62. The Morgan fingerprint density at radius 3 is 2.95 bits per heavy atom. The molecule has 1 N–H and O–H groups in total. The van der Waals surface area contributed by atoms with E-state index in [0.717, 1.165) is 6.42 Å². The van der Waals surface area contributed by atoms with E-state index in [1.54, 1.807) is 24.0 Å². The van der Waals surface area contributed by atoms with Crippen molar-refractivity contribution in [3.05, 3.63) is 30.1 Å². The molecule has 1 atom stereocenters. The highest BCUT2D eigenvalue weighted by molar-refractivity contribution is 5.78. The van der Waals surface area contributed by atoms with Crippen molar-refractivity contribution >= 4 is 5.91 Å². The van der Waals surface area contributed by atoms with Gasteiger partial charge < -0.3 is 14.7 Å². The highest BCUT2D eigenvalue weighted by Crippen LogP contribution is 2.21. The van der Waals surface area contributed by atoms with E-state index in [2.05, 4.69) is 0 Å². The van der Waals surface area contributed by atoms with Crippen LogP contribution in [0.2, 0.25) is 0 Å². The van der Waals surface area contributed by atoms with Gasteiger partial charge in [-0.1, -0.05) is 12.1 Å². The van der Waals surface area contributed by atoms with E-state index in [-0.39, 0.29) is 18.3 Å². The highest BCUT2D eigenvalue weighted by atomic mass is 19.1. The second-order valence-corrected chi connectivity index (χ2v) is 5.13. The number of carbonyl (C=O) groups excluding carboxylic acids is 1. The van der Waals surface area contributed by atoms with Crippen molar-refractivity contribution in [2.24, 2.45) is 0 Å². The van der Waals surface area contributed by atoms with Crippen LogP contribution in [0.5, 0.6) is 5.75 Å². The lowest BCUT2D eigenvalue weighted by Gasteiger charge is -2.36. The molecule has 0 bridgehead atoms. The summed E-state index contributed by atoms with van der Waals surface area (Å²) < 4.78 is 18.5. The zero-order valence-electron chi connectivity index (χ0n) is 10.9. The number of benzene rings is 1.